The molecule has 0 unspecified atom stereocenters. The second-order valence-corrected chi connectivity index (χ2v) is 6.73. The summed E-state index contributed by atoms with van der Waals surface area (Å²) in [7, 11) is 0. The van der Waals surface area contributed by atoms with Gasteiger partial charge in [0.25, 0.3) is 0 Å². The van der Waals surface area contributed by atoms with Crippen LogP contribution >= 0.6 is 0 Å². The number of rotatable bonds is 7. The van der Waals surface area contributed by atoms with Crippen LogP contribution in [0, 0.1) is 0 Å². The predicted molar refractivity (Wildman–Crippen MR) is 120 cm³/mol. The Balaban J connectivity index is 1.71. The number of nitrogens with zero attached hydrogens (tertiary/aromatic N) is 2. The monoisotopic (exact) mass is 394 g/mol. The second kappa shape index (κ2) is 9.05. The van der Waals surface area contributed by atoms with Crippen LogP contribution in [0.2, 0.25) is 0 Å². The molecule has 0 spiro atoms. The zero-order valence-electron chi connectivity index (χ0n) is 16.7. The number of allylic oxidation sites excluding steroid dienone is 1. The lowest BCUT2D eigenvalue weighted by atomic mass is 10.1. The summed E-state index contributed by atoms with van der Waals surface area (Å²) < 4.78 is 7.38. The molecule has 4 rings (SSSR count). The molecule has 1 aromatic heterocycles. The third-order valence-electron chi connectivity index (χ3n) is 4.67. The predicted octanol–water partition coefficient (Wildman–Crippen LogP) is 5.83. The van der Waals surface area contributed by atoms with Crippen LogP contribution < -0.4 is 4.74 Å². The third-order valence-corrected chi connectivity index (χ3v) is 4.67. The number of hydrogen-bond acceptors (Lipinski definition) is 3. The fraction of sp³-hybridized carbons (Fsp3) is 0.0769. The number of carbonyl (C=O) groups excluding carboxylic acids is 1. The number of hydrogen-bond donors (Lipinski definition) is 0. The van der Waals surface area contributed by atoms with E-state index in [0.717, 1.165) is 28.3 Å². The van der Waals surface area contributed by atoms with Crippen LogP contribution in [0.5, 0.6) is 5.75 Å². The van der Waals surface area contributed by atoms with Crippen LogP contribution in [0.4, 0.5) is 0 Å². The molecule has 4 heteroatoms. The molecule has 4 nitrogen and oxygen atoms in total. The molecule has 0 bridgehead atoms. The molecule has 4 aromatic rings. The molecule has 0 atom stereocenters. The Morgan fingerprint density at radius 3 is 2.27 bits per heavy atom. The van der Waals surface area contributed by atoms with Gasteiger partial charge in [0, 0.05) is 22.9 Å². The smallest absolute Gasteiger partial charge is 0.185 e. The molecule has 0 aliphatic heterocycles. The van der Waals surface area contributed by atoms with E-state index in [-0.39, 0.29) is 5.78 Å². The highest BCUT2D eigenvalue weighted by atomic mass is 16.5. The van der Waals surface area contributed by atoms with Gasteiger partial charge in [0.1, 0.15) is 5.75 Å². The number of para-hydroxylation sites is 1. The van der Waals surface area contributed by atoms with E-state index in [1.54, 1.807) is 6.08 Å². The van der Waals surface area contributed by atoms with Crippen molar-refractivity contribution in [1.29, 1.82) is 0 Å². The summed E-state index contributed by atoms with van der Waals surface area (Å²) >= 11 is 0. The van der Waals surface area contributed by atoms with Crippen molar-refractivity contribution in [3.63, 3.8) is 0 Å². The van der Waals surface area contributed by atoms with E-state index in [9.17, 15) is 4.79 Å². The standard InChI is InChI=1S/C26H22N2O2/c1-2-30-24-16-13-21(14-17-24)26-22(15-18-25(29)20-9-5-3-6-10-20)19-28(27-26)23-11-7-4-8-12-23/h3-19H,2H2,1H3/b18-15+. The van der Waals surface area contributed by atoms with Gasteiger partial charge in [-0.2, -0.15) is 5.10 Å². The van der Waals surface area contributed by atoms with Gasteiger partial charge in [-0.05, 0) is 55.5 Å². The van der Waals surface area contributed by atoms with E-state index >= 15 is 0 Å². The van der Waals surface area contributed by atoms with Crippen molar-refractivity contribution >= 4 is 11.9 Å². The van der Waals surface area contributed by atoms with Gasteiger partial charge in [-0.1, -0.05) is 48.5 Å². The highest BCUT2D eigenvalue weighted by Crippen LogP contribution is 2.27. The number of carbonyl (C=O) groups is 1. The van der Waals surface area contributed by atoms with E-state index < -0.39 is 0 Å². The third kappa shape index (κ3) is 4.39. The topological polar surface area (TPSA) is 44.1 Å². The van der Waals surface area contributed by atoms with Gasteiger partial charge in [0.2, 0.25) is 0 Å². The highest BCUT2D eigenvalue weighted by molar-refractivity contribution is 6.07. The van der Waals surface area contributed by atoms with Crippen molar-refractivity contribution in [3.05, 3.63) is 108 Å². The van der Waals surface area contributed by atoms with Gasteiger partial charge in [-0.15, -0.1) is 0 Å². The van der Waals surface area contributed by atoms with Gasteiger partial charge in [0.05, 0.1) is 18.0 Å². The van der Waals surface area contributed by atoms with Crippen molar-refractivity contribution in [2.45, 2.75) is 6.92 Å². The number of ketones is 1. The fourth-order valence-corrected chi connectivity index (χ4v) is 3.19. The lowest BCUT2D eigenvalue weighted by molar-refractivity contribution is 0.104. The van der Waals surface area contributed by atoms with Crippen LogP contribution in [-0.4, -0.2) is 22.2 Å². The van der Waals surface area contributed by atoms with Crippen LogP contribution in [0.3, 0.4) is 0 Å². The molecule has 0 aliphatic rings. The molecular weight excluding hydrogens is 372 g/mol. The minimum Gasteiger partial charge on any atom is -0.494 e. The Bertz CT molecular complexity index is 1140. The summed E-state index contributed by atoms with van der Waals surface area (Å²) in [5.74, 6) is 0.779. The summed E-state index contributed by atoms with van der Waals surface area (Å²) in [5, 5.41) is 4.79. The molecule has 0 amide bonds. The largest absolute Gasteiger partial charge is 0.494 e. The Morgan fingerprint density at radius 1 is 0.933 bits per heavy atom. The number of ether oxygens (including phenoxy) is 1. The summed E-state index contributed by atoms with van der Waals surface area (Å²) in [5.41, 5.74) is 4.25. The number of benzene rings is 3. The van der Waals surface area contributed by atoms with E-state index in [2.05, 4.69) is 0 Å². The molecule has 0 N–H and O–H groups in total. The van der Waals surface area contributed by atoms with Crippen LogP contribution in [0.25, 0.3) is 23.0 Å². The van der Waals surface area contributed by atoms with Crippen LogP contribution in [0.1, 0.15) is 22.8 Å². The van der Waals surface area contributed by atoms with E-state index in [1.807, 2.05) is 109 Å². The average molecular weight is 394 g/mol. The molecule has 0 saturated heterocycles. The minimum absolute atomic E-state index is 0.0410. The van der Waals surface area contributed by atoms with Crippen molar-refractivity contribution in [1.82, 2.24) is 9.78 Å². The SMILES string of the molecule is CCOc1ccc(-c2nn(-c3ccccc3)cc2/C=C/C(=O)c2ccccc2)cc1. The van der Waals surface area contributed by atoms with Gasteiger partial charge in [-0.3, -0.25) is 4.79 Å². The first-order valence-electron chi connectivity index (χ1n) is 9.90. The lowest BCUT2D eigenvalue weighted by Crippen LogP contribution is -1.94. The van der Waals surface area contributed by atoms with Crippen LogP contribution in [0.15, 0.2) is 97.2 Å². The maximum atomic E-state index is 12.5. The van der Waals surface area contributed by atoms with E-state index in [1.165, 1.54) is 0 Å². The molecular formula is C26H22N2O2. The molecule has 3 aromatic carbocycles. The van der Waals surface area contributed by atoms with Gasteiger partial charge < -0.3 is 4.74 Å². The molecule has 148 valence electrons. The Kier molecular flexibility index (Phi) is 5.85. The lowest BCUT2D eigenvalue weighted by Gasteiger charge is -2.04. The summed E-state index contributed by atoms with van der Waals surface area (Å²) in [6.07, 6.45) is 5.36. The fourth-order valence-electron chi connectivity index (χ4n) is 3.19. The Hall–Kier alpha value is -3.92. The molecule has 0 radical (unpaired) electrons. The zero-order chi connectivity index (χ0) is 20.8. The average Bonchev–Trinajstić information content (AvgIpc) is 3.24. The van der Waals surface area contributed by atoms with Crippen LogP contribution in [-0.2, 0) is 0 Å². The molecule has 0 aliphatic carbocycles. The second-order valence-electron chi connectivity index (χ2n) is 6.73. The van der Waals surface area contributed by atoms with Gasteiger partial charge in [0.15, 0.2) is 5.78 Å². The van der Waals surface area contributed by atoms with Gasteiger partial charge in [-0.25, -0.2) is 4.68 Å². The maximum Gasteiger partial charge on any atom is 0.185 e. The van der Waals surface area contributed by atoms with Crippen molar-refractivity contribution in [2.24, 2.45) is 0 Å². The van der Waals surface area contributed by atoms with Crippen molar-refractivity contribution in [2.75, 3.05) is 6.61 Å². The first kappa shape index (κ1) is 19.4. The molecule has 0 saturated carbocycles. The Labute approximate surface area is 176 Å². The van der Waals surface area contributed by atoms with E-state index in [0.29, 0.717) is 12.2 Å². The van der Waals surface area contributed by atoms with Crippen molar-refractivity contribution < 1.29 is 9.53 Å². The zero-order valence-corrected chi connectivity index (χ0v) is 16.7. The molecule has 1 heterocycles. The highest BCUT2D eigenvalue weighted by Gasteiger charge is 2.11. The minimum atomic E-state index is -0.0410. The van der Waals surface area contributed by atoms with Gasteiger partial charge >= 0.3 is 0 Å². The maximum absolute atomic E-state index is 12.5. The number of aromatic nitrogens is 2. The van der Waals surface area contributed by atoms with E-state index in [4.69, 9.17) is 9.84 Å². The normalized spacial score (nSPS) is 11.0. The Morgan fingerprint density at radius 2 is 1.60 bits per heavy atom. The summed E-state index contributed by atoms with van der Waals surface area (Å²) in [6, 6.07) is 27.0. The quantitative estimate of drug-likeness (QED) is 0.292. The first-order chi connectivity index (χ1) is 14.7. The van der Waals surface area contributed by atoms with Crippen molar-refractivity contribution in [3.8, 4) is 22.7 Å². The molecule has 0 fully saturated rings. The summed E-state index contributed by atoms with van der Waals surface area (Å²) in [4.78, 5) is 12.5. The first-order valence-corrected chi connectivity index (χ1v) is 9.90. The summed E-state index contributed by atoms with van der Waals surface area (Å²) in [6.45, 7) is 2.58. The molecule has 30 heavy (non-hydrogen) atoms.